The fraction of sp³-hybridized carbons (Fsp3) is 0.636. The molecule has 151 valence electrons. The van der Waals surface area contributed by atoms with E-state index in [1.54, 1.807) is 0 Å². The number of rotatable bonds is 2. The van der Waals surface area contributed by atoms with Crippen molar-refractivity contribution in [2.24, 2.45) is 16.2 Å². The van der Waals surface area contributed by atoms with E-state index in [4.69, 9.17) is 51.1 Å². The molecule has 0 unspecified atom stereocenters. The number of carboxylic acid groups (broad SMARTS) is 4. The molecule has 12 N–H and O–H groups in total. The molecular weight excluding hydrogens is 374 g/mol. The molecule has 0 rings (SSSR count). The summed E-state index contributed by atoms with van der Waals surface area (Å²) in [5.74, 6) is -3.33. The predicted octanol–water partition coefficient (Wildman–Crippen LogP) is -1.76. The normalized spacial score (nSPS) is 6.17. The molecule has 0 saturated carbocycles. The van der Waals surface area contributed by atoms with E-state index in [9.17, 15) is 0 Å². The molecule has 0 heterocycles. The Morgan fingerprint density at radius 3 is 0.750 bits per heavy atom. The van der Waals surface area contributed by atoms with Crippen molar-refractivity contribution in [2.75, 3.05) is 13.1 Å². The molecule has 0 amide bonds. The van der Waals surface area contributed by atoms with Gasteiger partial charge >= 0.3 is 21.0 Å². The summed E-state index contributed by atoms with van der Waals surface area (Å²) in [4.78, 5) is 36.0. The minimum atomic E-state index is -0.833. The van der Waals surface area contributed by atoms with Gasteiger partial charge < -0.3 is 37.4 Å². The molecule has 0 spiro atoms. The molecule has 13 heteroatoms. The molecule has 0 fully saturated rings. The summed E-state index contributed by atoms with van der Waals surface area (Å²) in [6.07, 6.45) is 0.944. The van der Waals surface area contributed by atoms with E-state index in [0.29, 0.717) is 0 Å². The van der Waals surface area contributed by atoms with Gasteiger partial charge in [0.05, 0.1) is 0 Å². The maximum absolute atomic E-state index is 9.00. The van der Waals surface area contributed by atoms with E-state index >= 15 is 0 Å². The van der Waals surface area contributed by atoms with Crippen LogP contribution in [0.5, 0.6) is 0 Å². The molecule has 0 atom stereocenters. The van der Waals surface area contributed by atoms with E-state index in [1.807, 2.05) is 0 Å². The van der Waals surface area contributed by atoms with Gasteiger partial charge in [0, 0.05) is 27.7 Å². The summed E-state index contributed by atoms with van der Waals surface area (Å²) in [7, 11) is 0. The van der Waals surface area contributed by atoms with Crippen LogP contribution in [0.1, 0.15) is 34.1 Å². The molecule has 0 aromatic rings. The van der Waals surface area contributed by atoms with Crippen LogP contribution in [0.25, 0.3) is 0 Å². The van der Waals surface area contributed by atoms with Crippen LogP contribution < -0.4 is 16.2 Å². The van der Waals surface area contributed by atoms with E-state index in [0.717, 1.165) is 47.2 Å². The van der Waals surface area contributed by atoms with Crippen LogP contribution in [-0.4, -0.2) is 62.9 Å². The number of carbonyl (C=O) groups is 4. The zero-order valence-corrected chi connectivity index (χ0v) is 15.2. The zero-order chi connectivity index (χ0) is 20.4. The second kappa shape index (κ2) is 49.6. The minimum absolute atomic E-state index is 0. The van der Waals surface area contributed by atoms with Crippen molar-refractivity contribution in [1.29, 1.82) is 0 Å². The summed E-state index contributed by atoms with van der Waals surface area (Å²) < 4.78 is 4.25. The van der Waals surface area contributed by atoms with Gasteiger partial charge in [-0.25, -0.2) is 0 Å². The summed E-state index contributed by atoms with van der Waals surface area (Å²) >= 11 is 2.75. The molecule has 0 aliphatic heterocycles. The van der Waals surface area contributed by atoms with Gasteiger partial charge in [-0.1, -0.05) is 0 Å². The molecule has 0 bridgehead atoms. The average molecular weight is 404 g/mol. The molecule has 0 aromatic carbocycles. The molecule has 0 aliphatic carbocycles. The number of hydrogen-bond donors (Lipinski definition) is 7. The first-order valence-electron chi connectivity index (χ1n) is 5.73. The maximum atomic E-state index is 9.00. The van der Waals surface area contributed by atoms with Crippen molar-refractivity contribution in [2.45, 2.75) is 34.1 Å². The fourth-order valence-corrected chi connectivity index (χ4v) is 0.118. The number of hydrogen-bond acceptors (Lipinski definition) is 7. The second-order valence-corrected chi connectivity index (χ2v) is 3.01. The SMILES string of the molecule is CC(=O)O.CC(=O)O.CC(=O)O.CC(=O)O.NCCCN.O.[NH2][Fe]. The Balaban J connectivity index is -0.0000000291. The Bertz CT molecular complexity index is 213. The van der Waals surface area contributed by atoms with Crippen LogP contribution in [0.3, 0.4) is 0 Å². The monoisotopic (exact) mass is 404 g/mol. The van der Waals surface area contributed by atoms with E-state index in [2.05, 4.69) is 21.0 Å². The summed E-state index contributed by atoms with van der Waals surface area (Å²) in [5.41, 5.74) is 10.1. The summed E-state index contributed by atoms with van der Waals surface area (Å²) in [5, 5.41) is 29.7. The fourth-order valence-electron chi connectivity index (χ4n) is 0.118. The Morgan fingerprint density at radius 2 is 0.750 bits per heavy atom. The van der Waals surface area contributed by atoms with Crippen LogP contribution >= 0.6 is 0 Å². The van der Waals surface area contributed by atoms with Gasteiger partial charge in [0.25, 0.3) is 23.9 Å². The number of carboxylic acids is 4. The van der Waals surface area contributed by atoms with Crippen LogP contribution in [0.4, 0.5) is 0 Å². The van der Waals surface area contributed by atoms with E-state index < -0.39 is 23.9 Å². The Kier molecular flexibility index (Phi) is 89.3. The zero-order valence-electron chi connectivity index (χ0n) is 14.1. The molecule has 0 saturated heterocycles. The van der Waals surface area contributed by atoms with Gasteiger partial charge in [0.15, 0.2) is 0 Å². The Morgan fingerprint density at radius 1 is 0.667 bits per heavy atom. The first-order valence-corrected chi connectivity index (χ1v) is 6.37. The molecule has 24 heavy (non-hydrogen) atoms. The predicted molar refractivity (Wildman–Crippen MR) is 83.8 cm³/mol. The number of aliphatic carboxylic acids is 4. The van der Waals surface area contributed by atoms with Crippen LogP contribution in [-0.2, 0) is 35.4 Å². The quantitative estimate of drug-likeness (QED) is 0.253. The van der Waals surface area contributed by atoms with Crippen LogP contribution in [0.2, 0.25) is 0 Å². The first-order chi connectivity index (χ1) is 10.3. The van der Waals surface area contributed by atoms with E-state index in [-0.39, 0.29) is 5.48 Å². The van der Waals surface area contributed by atoms with Gasteiger partial charge in [0.2, 0.25) is 0 Å². The molecular formula is C11H30FeN3O9. The third kappa shape index (κ3) is 131000. The number of nitrogens with two attached hydrogens (primary N) is 3. The standard InChI is InChI=1S/C3H10N2.4C2H4O2.Fe.H2N.H2O/c4-2-1-3-5;4*1-2(3)4;;;/h1-5H2;4*1H3,(H,3,4);;2*1H2/q;;;;;+1;-1;. The second-order valence-electron chi connectivity index (χ2n) is 3.01. The average Bonchev–Trinajstić information content (AvgIpc) is 2.29. The van der Waals surface area contributed by atoms with Crippen molar-refractivity contribution in [3.8, 4) is 0 Å². The Hall–Kier alpha value is -1.76. The van der Waals surface area contributed by atoms with Crippen molar-refractivity contribution in [3.63, 3.8) is 0 Å². The molecule has 0 aliphatic rings. The van der Waals surface area contributed by atoms with Gasteiger partial charge in [-0.05, 0) is 19.5 Å². The summed E-state index contributed by atoms with van der Waals surface area (Å²) in [6, 6.07) is 0. The van der Waals surface area contributed by atoms with E-state index in [1.165, 1.54) is 0 Å². The third-order valence-electron chi connectivity index (χ3n) is 0.408. The van der Waals surface area contributed by atoms with Gasteiger partial charge in [0.1, 0.15) is 0 Å². The van der Waals surface area contributed by atoms with Crippen molar-refractivity contribution >= 4 is 23.9 Å². The first kappa shape index (κ1) is 43.2. The molecule has 0 aromatic heterocycles. The van der Waals surface area contributed by atoms with Crippen LogP contribution in [0.15, 0.2) is 0 Å². The van der Waals surface area contributed by atoms with Crippen molar-refractivity contribution in [1.82, 2.24) is 0 Å². The summed E-state index contributed by atoms with van der Waals surface area (Å²) in [6.45, 7) is 5.77. The topological polar surface area (TPSA) is 259 Å². The Labute approximate surface area is 149 Å². The third-order valence-corrected chi connectivity index (χ3v) is 0.408. The van der Waals surface area contributed by atoms with Crippen LogP contribution in [0, 0.1) is 0 Å². The van der Waals surface area contributed by atoms with Gasteiger partial charge in [-0.2, -0.15) is 0 Å². The van der Waals surface area contributed by atoms with Gasteiger partial charge in [-0.3, -0.25) is 19.2 Å². The molecule has 0 radical (unpaired) electrons. The van der Waals surface area contributed by atoms with Crippen molar-refractivity contribution < 1.29 is 61.3 Å². The van der Waals surface area contributed by atoms with Gasteiger partial charge in [-0.15, -0.1) is 0 Å². The molecule has 12 nitrogen and oxygen atoms in total. The van der Waals surface area contributed by atoms with Crippen molar-refractivity contribution in [3.05, 3.63) is 0 Å².